The van der Waals surface area contributed by atoms with Crippen LogP contribution in [0.3, 0.4) is 0 Å². The number of amides is 1. The smallest absolute Gasteiger partial charge is 0.296 e. The number of nitro groups is 1. The monoisotopic (exact) mass is 236 g/mol. The van der Waals surface area contributed by atoms with Crippen LogP contribution in [0.5, 0.6) is 0 Å². The molecule has 0 spiro atoms. The quantitative estimate of drug-likeness (QED) is 0.608. The summed E-state index contributed by atoms with van der Waals surface area (Å²) in [6, 6.07) is 7.41. The Balaban J connectivity index is 2.58. The molecular weight excluding hydrogens is 220 g/mol. The molecular formula is C12H16N2O3. The highest BCUT2D eigenvalue weighted by Crippen LogP contribution is 2.12. The van der Waals surface area contributed by atoms with Crippen molar-refractivity contribution in [3.05, 3.63) is 39.9 Å². The minimum Gasteiger partial charge on any atom is -0.320 e. The van der Waals surface area contributed by atoms with Crippen molar-refractivity contribution in [3.63, 3.8) is 0 Å². The summed E-state index contributed by atoms with van der Waals surface area (Å²) in [6.07, 6.45) is 3.15. The number of carbonyl (C=O) groups excluding carboxylic acids is 1. The fourth-order valence-corrected chi connectivity index (χ4v) is 1.50. The fourth-order valence-electron chi connectivity index (χ4n) is 1.50. The number of carbonyl (C=O) groups is 1. The van der Waals surface area contributed by atoms with Crippen LogP contribution in [0.25, 0.3) is 0 Å². The molecule has 0 unspecified atom stereocenters. The number of nitrogens with one attached hydrogen (secondary N) is 1. The number of hydrogen-bond acceptors (Lipinski definition) is 3. The third kappa shape index (κ3) is 5.10. The van der Waals surface area contributed by atoms with E-state index in [0.29, 0.717) is 5.69 Å². The normalized spacial score (nSPS) is 9.94. The number of nitrogens with zero attached hydrogens (tertiary/aromatic N) is 1. The van der Waals surface area contributed by atoms with Gasteiger partial charge in [0.25, 0.3) is 12.5 Å². The van der Waals surface area contributed by atoms with Gasteiger partial charge in [0.15, 0.2) is 0 Å². The fraction of sp³-hybridized carbons (Fsp3) is 0.417. The maximum Gasteiger partial charge on any atom is 0.296 e. The predicted octanol–water partition coefficient (Wildman–Crippen LogP) is 2.24. The molecule has 1 aromatic carbocycles. The largest absolute Gasteiger partial charge is 0.320 e. The second-order valence-electron chi connectivity index (χ2n) is 3.84. The SMILES string of the molecule is CCCCc1cccc(NC(=O)C[N+](=O)[O-])c1. The highest BCUT2D eigenvalue weighted by molar-refractivity contribution is 5.91. The lowest BCUT2D eigenvalue weighted by molar-refractivity contribution is -0.467. The topological polar surface area (TPSA) is 72.2 Å². The van der Waals surface area contributed by atoms with Crippen molar-refractivity contribution in [1.82, 2.24) is 0 Å². The van der Waals surface area contributed by atoms with Gasteiger partial charge in [-0.25, -0.2) is 0 Å². The first-order valence-electron chi connectivity index (χ1n) is 5.62. The lowest BCUT2D eigenvalue weighted by Crippen LogP contribution is -2.21. The number of anilines is 1. The van der Waals surface area contributed by atoms with Gasteiger partial charge in [0.2, 0.25) is 0 Å². The van der Waals surface area contributed by atoms with Gasteiger partial charge >= 0.3 is 0 Å². The highest BCUT2D eigenvalue weighted by Gasteiger charge is 2.09. The van der Waals surface area contributed by atoms with Crippen LogP contribution < -0.4 is 5.32 Å². The predicted molar refractivity (Wildman–Crippen MR) is 65.5 cm³/mol. The number of unbranched alkanes of at least 4 members (excludes halogenated alkanes) is 1. The van der Waals surface area contributed by atoms with Crippen molar-refractivity contribution >= 4 is 11.6 Å². The summed E-state index contributed by atoms with van der Waals surface area (Å²) in [5.41, 5.74) is 1.75. The zero-order chi connectivity index (χ0) is 12.7. The lowest BCUT2D eigenvalue weighted by atomic mass is 10.1. The summed E-state index contributed by atoms with van der Waals surface area (Å²) in [5, 5.41) is 12.7. The second-order valence-corrected chi connectivity index (χ2v) is 3.84. The van der Waals surface area contributed by atoms with Gasteiger partial charge in [-0.2, -0.15) is 0 Å². The molecule has 0 aromatic heterocycles. The Bertz CT molecular complexity index is 404. The van der Waals surface area contributed by atoms with E-state index < -0.39 is 17.4 Å². The molecule has 0 saturated carbocycles. The van der Waals surface area contributed by atoms with Crippen molar-refractivity contribution in [2.45, 2.75) is 26.2 Å². The van der Waals surface area contributed by atoms with Crippen LogP contribution in [-0.4, -0.2) is 17.4 Å². The van der Waals surface area contributed by atoms with E-state index in [-0.39, 0.29) is 0 Å². The molecule has 0 atom stereocenters. The van der Waals surface area contributed by atoms with Crippen LogP contribution >= 0.6 is 0 Å². The van der Waals surface area contributed by atoms with Gasteiger partial charge in [-0.1, -0.05) is 25.5 Å². The van der Waals surface area contributed by atoms with Crippen LogP contribution in [0, 0.1) is 10.1 Å². The van der Waals surface area contributed by atoms with Crippen molar-refractivity contribution in [3.8, 4) is 0 Å². The maximum atomic E-state index is 11.2. The highest BCUT2D eigenvalue weighted by atomic mass is 16.6. The first-order chi connectivity index (χ1) is 8.11. The van der Waals surface area contributed by atoms with Gasteiger partial charge in [-0.3, -0.25) is 14.9 Å². The molecule has 0 aliphatic heterocycles. The van der Waals surface area contributed by atoms with Gasteiger partial charge in [0.05, 0.1) is 0 Å². The van der Waals surface area contributed by atoms with Crippen LogP contribution in [-0.2, 0) is 11.2 Å². The van der Waals surface area contributed by atoms with Crippen LogP contribution in [0.2, 0.25) is 0 Å². The van der Waals surface area contributed by atoms with E-state index in [1.54, 1.807) is 6.07 Å². The van der Waals surface area contributed by atoms with Gasteiger partial charge < -0.3 is 5.32 Å². The molecule has 1 aromatic rings. The molecule has 0 aliphatic carbocycles. The summed E-state index contributed by atoms with van der Waals surface area (Å²) < 4.78 is 0. The lowest BCUT2D eigenvalue weighted by Gasteiger charge is -2.05. The van der Waals surface area contributed by atoms with Crippen molar-refractivity contribution < 1.29 is 9.72 Å². The van der Waals surface area contributed by atoms with E-state index in [1.165, 1.54) is 0 Å². The first-order valence-corrected chi connectivity index (χ1v) is 5.62. The van der Waals surface area contributed by atoms with Crippen molar-refractivity contribution in [2.75, 3.05) is 11.9 Å². The molecule has 1 N–H and O–H groups in total. The van der Waals surface area contributed by atoms with E-state index in [9.17, 15) is 14.9 Å². The van der Waals surface area contributed by atoms with Gasteiger partial charge in [0, 0.05) is 10.6 Å². The van der Waals surface area contributed by atoms with Crippen molar-refractivity contribution in [2.24, 2.45) is 0 Å². The van der Waals surface area contributed by atoms with Gasteiger partial charge in [-0.05, 0) is 30.5 Å². The molecule has 0 aliphatic rings. The summed E-state index contributed by atoms with van der Waals surface area (Å²) in [6.45, 7) is 1.42. The molecule has 0 fully saturated rings. The number of hydrogen-bond donors (Lipinski definition) is 1. The third-order valence-electron chi connectivity index (χ3n) is 2.30. The van der Waals surface area contributed by atoms with Gasteiger partial charge in [0.1, 0.15) is 0 Å². The minimum atomic E-state index is -0.695. The van der Waals surface area contributed by atoms with Crippen LogP contribution in [0.15, 0.2) is 24.3 Å². The molecule has 1 amide bonds. The van der Waals surface area contributed by atoms with Crippen LogP contribution in [0.4, 0.5) is 5.69 Å². The molecule has 92 valence electrons. The van der Waals surface area contributed by atoms with E-state index in [1.807, 2.05) is 18.2 Å². The van der Waals surface area contributed by atoms with E-state index in [2.05, 4.69) is 12.2 Å². The Kier molecular flexibility index (Phi) is 5.13. The molecule has 5 heteroatoms. The standard InChI is InChI=1S/C12H16N2O3/c1-2-3-5-10-6-4-7-11(8-10)13-12(15)9-14(16)17/h4,6-8H,2-3,5,9H2,1H3,(H,13,15). The zero-order valence-corrected chi connectivity index (χ0v) is 9.81. The van der Waals surface area contributed by atoms with E-state index in [4.69, 9.17) is 0 Å². The Hall–Kier alpha value is -1.91. The second kappa shape index (κ2) is 6.62. The number of rotatable bonds is 6. The first kappa shape index (κ1) is 13.2. The molecule has 0 saturated heterocycles. The molecule has 0 heterocycles. The summed E-state index contributed by atoms with van der Waals surface area (Å²) in [4.78, 5) is 20.7. The molecule has 1 rings (SSSR count). The Morgan fingerprint density at radius 3 is 2.88 bits per heavy atom. The Labute approximate surface area is 100.0 Å². The van der Waals surface area contributed by atoms with Crippen LogP contribution in [0.1, 0.15) is 25.3 Å². The van der Waals surface area contributed by atoms with Crippen molar-refractivity contribution in [1.29, 1.82) is 0 Å². The Morgan fingerprint density at radius 2 is 2.24 bits per heavy atom. The summed E-state index contributed by atoms with van der Waals surface area (Å²) in [7, 11) is 0. The van der Waals surface area contributed by atoms with E-state index >= 15 is 0 Å². The zero-order valence-electron chi connectivity index (χ0n) is 9.81. The minimum absolute atomic E-state index is 0.595. The number of benzene rings is 1. The number of aryl methyl sites for hydroxylation is 1. The molecule has 5 nitrogen and oxygen atoms in total. The van der Waals surface area contributed by atoms with Gasteiger partial charge in [-0.15, -0.1) is 0 Å². The molecule has 17 heavy (non-hydrogen) atoms. The maximum absolute atomic E-state index is 11.2. The summed E-state index contributed by atoms with van der Waals surface area (Å²) in [5.74, 6) is -0.595. The molecule has 0 radical (unpaired) electrons. The average molecular weight is 236 g/mol. The average Bonchev–Trinajstić information content (AvgIpc) is 2.25. The molecule has 0 bridgehead atoms. The summed E-state index contributed by atoms with van der Waals surface area (Å²) >= 11 is 0. The Morgan fingerprint density at radius 1 is 1.47 bits per heavy atom. The third-order valence-corrected chi connectivity index (χ3v) is 2.30. The van der Waals surface area contributed by atoms with E-state index in [0.717, 1.165) is 24.8 Å².